The van der Waals surface area contributed by atoms with E-state index >= 15 is 0 Å². The smallest absolute Gasteiger partial charge is 0.471 e. The normalized spacial score (nSPS) is 17.8. The molecule has 1 saturated heterocycles. The summed E-state index contributed by atoms with van der Waals surface area (Å²) < 4.78 is 47.9. The van der Waals surface area contributed by atoms with Crippen LogP contribution in [0.1, 0.15) is 12.8 Å². The van der Waals surface area contributed by atoms with E-state index in [1.165, 1.54) is 14.2 Å². The molecule has 0 saturated carbocycles. The van der Waals surface area contributed by atoms with Crippen LogP contribution in [0.15, 0.2) is 18.2 Å². The zero-order valence-electron chi connectivity index (χ0n) is 13.9. The van der Waals surface area contributed by atoms with Crippen LogP contribution in [0.4, 0.5) is 18.9 Å². The number of hydrogen-bond donors (Lipinski definition) is 1. The Balaban J connectivity index is 2.07. The van der Waals surface area contributed by atoms with E-state index in [0.717, 1.165) is 0 Å². The molecule has 0 spiro atoms. The number of anilines is 1. The summed E-state index contributed by atoms with van der Waals surface area (Å²) in [6.07, 6.45) is -4.19. The molecule has 1 aliphatic heterocycles. The van der Waals surface area contributed by atoms with E-state index in [2.05, 4.69) is 5.32 Å². The lowest BCUT2D eigenvalue weighted by Crippen LogP contribution is -2.48. The zero-order chi connectivity index (χ0) is 18.6. The van der Waals surface area contributed by atoms with E-state index in [0.29, 0.717) is 34.9 Å². The fourth-order valence-corrected chi connectivity index (χ4v) is 2.69. The highest BCUT2D eigenvalue weighted by Crippen LogP contribution is 2.30. The molecule has 25 heavy (non-hydrogen) atoms. The second-order valence-corrected chi connectivity index (χ2v) is 5.64. The average Bonchev–Trinajstić information content (AvgIpc) is 2.60. The van der Waals surface area contributed by atoms with E-state index < -0.39 is 23.9 Å². The van der Waals surface area contributed by atoms with Crippen LogP contribution in [-0.4, -0.2) is 50.2 Å². The topological polar surface area (TPSA) is 67.9 Å². The second-order valence-electron chi connectivity index (χ2n) is 5.64. The molecule has 1 N–H and O–H groups in total. The van der Waals surface area contributed by atoms with E-state index in [1.54, 1.807) is 18.2 Å². The standard InChI is InChI=1S/C16H19F3N2O4/c1-24-11-5-6-12(13(8-11)25-2)20-14(22)10-4-3-7-21(9-10)15(23)16(17,18)19/h5-6,8,10H,3-4,7,9H2,1-2H3,(H,20,22). The first-order valence-corrected chi connectivity index (χ1v) is 7.65. The van der Waals surface area contributed by atoms with Crippen LogP contribution in [0.2, 0.25) is 0 Å². The number of ether oxygens (including phenoxy) is 2. The summed E-state index contributed by atoms with van der Waals surface area (Å²) in [6, 6.07) is 4.78. The van der Waals surface area contributed by atoms with E-state index in [9.17, 15) is 22.8 Å². The Hall–Kier alpha value is -2.45. The molecule has 1 aromatic carbocycles. The minimum absolute atomic E-state index is 0.00597. The minimum atomic E-state index is -4.93. The van der Waals surface area contributed by atoms with Gasteiger partial charge in [-0.15, -0.1) is 0 Å². The maximum Gasteiger partial charge on any atom is 0.471 e. The van der Waals surface area contributed by atoms with E-state index in [4.69, 9.17) is 9.47 Å². The van der Waals surface area contributed by atoms with Crippen molar-refractivity contribution in [3.05, 3.63) is 18.2 Å². The average molecular weight is 360 g/mol. The molecule has 9 heteroatoms. The summed E-state index contributed by atoms with van der Waals surface area (Å²) in [5, 5.41) is 2.64. The fraction of sp³-hybridized carbons (Fsp3) is 0.500. The van der Waals surface area contributed by atoms with Crippen molar-refractivity contribution >= 4 is 17.5 Å². The van der Waals surface area contributed by atoms with Gasteiger partial charge in [0.25, 0.3) is 0 Å². The molecule has 6 nitrogen and oxygen atoms in total. The molecule has 0 radical (unpaired) electrons. The van der Waals surface area contributed by atoms with Crippen LogP contribution < -0.4 is 14.8 Å². The number of hydrogen-bond acceptors (Lipinski definition) is 4. The van der Waals surface area contributed by atoms with Gasteiger partial charge in [-0.1, -0.05) is 0 Å². The van der Waals surface area contributed by atoms with Crippen LogP contribution in [-0.2, 0) is 9.59 Å². The number of nitrogens with one attached hydrogen (secondary N) is 1. The number of rotatable bonds is 4. The van der Waals surface area contributed by atoms with E-state index in [-0.39, 0.29) is 13.1 Å². The number of benzene rings is 1. The molecule has 1 heterocycles. The van der Waals surface area contributed by atoms with Gasteiger partial charge in [0.15, 0.2) is 0 Å². The molecule has 2 amide bonds. The van der Waals surface area contributed by atoms with Crippen molar-refractivity contribution in [1.29, 1.82) is 0 Å². The highest BCUT2D eigenvalue weighted by Gasteiger charge is 2.44. The largest absolute Gasteiger partial charge is 0.497 e. The number of carbonyl (C=O) groups excluding carboxylic acids is 2. The van der Waals surface area contributed by atoms with Crippen molar-refractivity contribution in [3.8, 4) is 11.5 Å². The summed E-state index contributed by atoms with van der Waals surface area (Å²) >= 11 is 0. The van der Waals surface area contributed by atoms with Gasteiger partial charge in [0.1, 0.15) is 11.5 Å². The van der Waals surface area contributed by atoms with Crippen molar-refractivity contribution < 1.29 is 32.2 Å². The molecule has 2 rings (SSSR count). The molecule has 1 aromatic rings. The third-order valence-corrected chi connectivity index (χ3v) is 3.99. The number of nitrogens with zero attached hydrogens (tertiary/aromatic N) is 1. The highest BCUT2D eigenvalue weighted by molar-refractivity contribution is 5.94. The van der Waals surface area contributed by atoms with Gasteiger partial charge < -0.3 is 19.7 Å². The van der Waals surface area contributed by atoms with Crippen molar-refractivity contribution in [2.24, 2.45) is 5.92 Å². The Kier molecular flexibility index (Phi) is 5.76. The maximum absolute atomic E-state index is 12.6. The lowest BCUT2D eigenvalue weighted by atomic mass is 9.97. The molecular weight excluding hydrogens is 341 g/mol. The van der Waals surface area contributed by atoms with Crippen LogP contribution in [0.25, 0.3) is 0 Å². The number of methoxy groups -OCH3 is 2. The zero-order valence-corrected chi connectivity index (χ0v) is 13.9. The maximum atomic E-state index is 12.6. The van der Waals surface area contributed by atoms with Crippen molar-refractivity contribution in [1.82, 2.24) is 4.90 Å². The minimum Gasteiger partial charge on any atom is -0.497 e. The van der Waals surface area contributed by atoms with Crippen molar-refractivity contribution in [2.75, 3.05) is 32.6 Å². The van der Waals surface area contributed by atoms with Gasteiger partial charge in [0, 0.05) is 19.2 Å². The van der Waals surface area contributed by atoms with Crippen molar-refractivity contribution in [3.63, 3.8) is 0 Å². The predicted molar refractivity (Wildman–Crippen MR) is 83.5 cm³/mol. The summed E-state index contributed by atoms with van der Waals surface area (Å²) in [6.45, 7) is -0.267. The van der Waals surface area contributed by atoms with Crippen LogP contribution in [0, 0.1) is 5.92 Å². The second kappa shape index (κ2) is 7.62. The quantitative estimate of drug-likeness (QED) is 0.896. The molecule has 1 unspecified atom stereocenters. The first-order chi connectivity index (χ1) is 11.8. The van der Waals surface area contributed by atoms with E-state index in [1.807, 2.05) is 0 Å². The number of alkyl halides is 3. The number of halogens is 3. The Morgan fingerprint density at radius 2 is 1.96 bits per heavy atom. The Morgan fingerprint density at radius 1 is 1.24 bits per heavy atom. The number of amides is 2. The Morgan fingerprint density at radius 3 is 2.56 bits per heavy atom. The molecule has 0 bridgehead atoms. The highest BCUT2D eigenvalue weighted by atomic mass is 19.4. The third kappa shape index (κ3) is 4.55. The molecule has 0 aromatic heterocycles. The van der Waals surface area contributed by atoms with Crippen LogP contribution in [0.3, 0.4) is 0 Å². The van der Waals surface area contributed by atoms with Crippen LogP contribution in [0.5, 0.6) is 11.5 Å². The van der Waals surface area contributed by atoms with Gasteiger partial charge in [-0.05, 0) is 25.0 Å². The molecule has 0 aliphatic carbocycles. The fourth-order valence-electron chi connectivity index (χ4n) is 2.69. The van der Waals surface area contributed by atoms with Gasteiger partial charge in [0.2, 0.25) is 5.91 Å². The molecule has 1 atom stereocenters. The van der Waals surface area contributed by atoms with Gasteiger partial charge in [-0.2, -0.15) is 13.2 Å². The Bertz CT molecular complexity index is 649. The lowest BCUT2D eigenvalue weighted by Gasteiger charge is -2.32. The van der Waals surface area contributed by atoms with Crippen molar-refractivity contribution in [2.45, 2.75) is 19.0 Å². The number of carbonyl (C=O) groups is 2. The summed E-state index contributed by atoms with van der Waals surface area (Å²) in [5.74, 6) is -2.18. The first-order valence-electron chi connectivity index (χ1n) is 7.65. The number of piperidine rings is 1. The molecular formula is C16H19F3N2O4. The van der Waals surface area contributed by atoms with Gasteiger partial charge in [-0.25, -0.2) is 0 Å². The molecule has 1 aliphatic rings. The third-order valence-electron chi connectivity index (χ3n) is 3.99. The SMILES string of the molecule is COc1ccc(NC(=O)C2CCCN(C(=O)C(F)(F)F)C2)c(OC)c1. The Labute approximate surface area is 142 Å². The lowest BCUT2D eigenvalue weighted by molar-refractivity contribution is -0.187. The number of likely N-dealkylation sites (tertiary alicyclic amines) is 1. The van der Waals surface area contributed by atoms with Gasteiger partial charge in [-0.3, -0.25) is 9.59 Å². The van der Waals surface area contributed by atoms with Gasteiger partial charge in [0.05, 0.1) is 25.8 Å². The molecule has 1 fully saturated rings. The first kappa shape index (κ1) is 18.9. The van der Waals surface area contributed by atoms with Gasteiger partial charge >= 0.3 is 12.1 Å². The predicted octanol–water partition coefficient (Wildman–Crippen LogP) is 2.44. The summed E-state index contributed by atoms with van der Waals surface area (Å²) in [5.41, 5.74) is 0.382. The summed E-state index contributed by atoms with van der Waals surface area (Å²) in [4.78, 5) is 24.4. The summed E-state index contributed by atoms with van der Waals surface area (Å²) in [7, 11) is 2.91. The molecule has 138 valence electrons. The van der Waals surface area contributed by atoms with Crippen LogP contribution >= 0.6 is 0 Å². The monoisotopic (exact) mass is 360 g/mol.